The molecule has 1 N–H and O–H groups in total. The minimum absolute atomic E-state index is 0.0651. The fraction of sp³-hybridized carbons (Fsp3) is 0.562. The smallest absolute Gasteiger partial charge is 0.290 e. The Hall–Kier alpha value is -2.51. The summed E-state index contributed by atoms with van der Waals surface area (Å²) in [5.74, 6) is 3.55. The third kappa shape index (κ3) is 2.83. The Morgan fingerprint density at radius 1 is 1.25 bits per heavy atom. The molecule has 1 saturated carbocycles. The number of anilines is 1. The van der Waals surface area contributed by atoms with Crippen LogP contribution in [0.25, 0.3) is 0 Å². The van der Waals surface area contributed by atoms with Crippen LogP contribution in [-0.2, 0) is 0 Å². The van der Waals surface area contributed by atoms with E-state index in [-0.39, 0.29) is 11.6 Å². The number of hydrogen-bond acceptors (Lipinski definition) is 6. The second-order valence-corrected chi connectivity index (χ2v) is 6.67. The molecule has 0 spiro atoms. The Kier molecular flexibility index (Phi) is 3.66. The molecule has 1 aliphatic carbocycles. The molecule has 1 saturated heterocycles. The average molecular weight is 328 g/mol. The van der Waals surface area contributed by atoms with Crippen LogP contribution in [0.2, 0.25) is 0 Å². The van der Waals surface area contributed by atoms with E-state index in [0.29, 0.717) is 11.6 Å². The van der Waals surface area contributed by atoms with Gasteiger partial charge in [-0.1, -0.05) is 0 Å². The van der Waals surface area contributed by atoms with E-state index >= 15 is 0 Å². The van der Waals surface area contributed by atoms with E-state index in [4.69, 9.17) is 0 Å². The number of aryl methyl sites for hydroxylation is 1. The second kappa shape index (κ2) is 5.85. The lowest BCUT2D eigenvalue weighted by Crippen LogP contribution is -2.35. The van der Waals surface area contributed by atoms with Gasteiger partial charge in [0.1, 0.15) is 17.3 Å². The van der Waals surface area contributed by atoms with Crippen LogP contribution >= 0.6 is 0 Å². The molecule has 0 bridgehead atoms. The molecule has 2 aromatic heterocycles. The van der Waals surface area contributed by atoms with Crippen LogP contribution in [0.1, 0.15) is 54.9 Å². The third-order valence-electron chi connectivity index (χ3n) is 4.83. The van der Waals surface area contributed by atoms with Gasteiger partial charge in [-0.3, -0.25) is 15.2 Å². The fourth-order valence-corrected chi connectivity index (χ4v) is 3.32. The van der Waals surface area contributed by atoms with Gasteiger partial charge >= 0.3 is 0 Å². The van der Waals surface area contributed by atoms with Crippen LogP contribution in [-0.4, -0.2) is 38.2 Å². The van der Waals surface area contributed by atoms with Crippen LogP contribution in [0.5, 0.6) is 0 Å². The SMILES string of the molecule is Cc1nc(N2CCCC(c3n[nH]c(C4CC4)n3)C2)ccc1[N+](=O)[O-]. The molecule has 0 radical (unpaired) electrons. The Morgan fingerprint density at radius 2 is 2.08 bits per heavy atom. The second-order valence-electron chi connectivity index (χ2n) is 6.67. The van der Waals surface area contributed by atoms with Gasteiger partial charge in [0.2, 0.25) is 0 Å². The van der Waals surface area contributed by atoms with Crippen LogP contribution in [0, 0.1) is 17.0 Å². The van der Waals surface area contributed by atoms with E-state index in [1.807, 2.05) is 0 Å². The number of nitro groups is 1. The van der Waals surface area contributed by atoms with Crippen molar-refractivity contribution in [2.75, 3.05) is 18.0 Å². The molecular formula is C16H20N6O2. The third-order valence-corrected chi connectivity index (χ3v) is 4.83. The molecule has 8 heteroatoms. The maximum absolute atomic E-state index is 10.9. The van der Waals surface area contributed by atoms with Crippen molar-refractivity contribution >= 4 is 11.5 Å². The molecule has 0 aromatic carbocycles. The van der Waals surface area contributed by atoms with Gasteiger partial charge in [-0.2, -0.15) is 5.10 Å². The minimum atomic E-state index is -0.391. The molecule has 24 heavy (non-hydrogen) atoms. The molecule has 2 aromatic rings. The molecule has 2 aliphatic rings. The lowest BCUT2D eigenvalue weighted by Gasteiger charge is -2.32. The monoisotopic (exact) mass is 328 g/mol. The number of aromatic amines is 1. The number of H-pyrrole nitrogens is 1. The number of rotatable bonds is 4. The van der Waals surface area contributed by atoms with Gasteiger partial charge in [-0.15, -0.1) is 0 Å². The zero-order valence-corrected chi connectivity index (χ0v) is 13.6. The van der Waals surface area contributed by atoms with Gasteiger partial charge in [-0.05, 0) is 38.7 Å². The summed E-state index contributed by atoms with van der Waals surface area (Å²) in [6.07, 6.45) is 4.51. The summed E-state index contributed by atoms with van der Waals surface area (Å²) in [6, 6.07) is 3.28. The van der Waals surface area contributed by atoms with Crippen LogP contribution < -0.4 is 4.90 Å². The number of nitrogens with one attached hydrogen (secondary N) is 1. The van der Waals surface area contributed by atoms with Gasteiger partial charge in [-0.25, -0.2) is 9.97 Å². The molecule has 4 rings (SSSR count). The largest absolute Gasteiger partial charge is 0.356 e. The maximum atomic E-state index is 10.9. The molecule has 1 atom stereocenters. The van der Waals surface area contributed by atoms with Gasteiger partial charge in [0.25, 0.3) is 5.69 Å². The zero-order chi connectivity index (χ0) is 16.7. The number of nitrogens with zero attached hydrogens (tertiary/aromatic N) is 5. The molecule has 0 amide bonds. The summed E-state index contributed by atoms with van der Waals surface area (Å²) in [4.78, 5) is 21.8. The van der Waals surface area contributed by atoms with Gasteiger partial charge in [0.15, 0.2) is 5.82 Å². The van der Waals surface area contributed by atoms with Crippen LogP contribution in [0.4, 0.5) is 11.5 Å². The predicted molar refractivity (Wildman–Crippen MR) is 88.2 cm³/mol. The summed E-state index contributed by atoms with van der Waals surface area (Å²) in [6.45, 7) is 3.38. The molecule has 3 heterocycles. The summed E-state index contributed by atoms with van der Waals surface area (Å²) in [7, 11) is 0. The summed E-state index contributed by atoms with van der Waals surface area (Å²) in [5, 5.41) is 18.4. The first-order chi connectivity index (χ1) is 11.6. The van der Waals surface area contributed by atoms with Crippen molar-refractivity contribution in [1.29, 1.82) is 0 Å². The Morgan fingerprint density at radius 3 is 2.79 bits per heavy atom. The highest BCUT2D eigenvalue weighted by molar-refractivity contribution is 5.47. The van der Waals surface area contributed by atoms with E-state index in [0.717, 1.165) is 43.4 Å². The van der Waals surface area contributed by atoms with E-state index in [2.05, 4.69) is 25.1 Å². The van der Waals surface area contributed by atoms with E-state index in [9.17, 15) is 10.1 Å². The number of pyridine rings is 1. The van der Waals surface area contributed by atoms with Crippen molar-refractivity contribution in [3.8, 4) is 0 Å². The first-order valence-electron chi connectivity index (χ1n) is 8.41. The predicted octanol–water partition coefficient (Wildman–Crippen LogP) is 2.68. The van der Waals surface area contributed by atoms with E-state index in [1.165, 1.54) is 12.8 Å². The van der Waals surface area contributed by atoms with Crippen LogP contribution in [0.15, 0.2) is 12.1 Å². The van der Waals surface area contributed by atoms with E-state index in [1.54, 1.807) is 19.1 Å². The Balaban J connectivity index is 1.51. The topological polar surface area (TPSA) is 101 Å². The summed E-state index contributed by atoms with van der Waals surface area (Å²) in [5.41, 5.74) is 0.517. The number of aromatic nitrogens is 4. The van der Waals surface area contributed by atoms with Crippen LogP contribution in [0.3, 0.4) is 0 Å². The molecule has 1 unspecified atom stereocenters. The Bertz CT molecular complexity index is 770. The first kappa shape index (κ1) is 15.0. The lowest BCUT2D eigenvalue weighted by atomic mass is 9.97. The molecular weight excluding hydrogens is 308 g/mol. The van der Waals surface area contributed by atoms with Crippen molar-refractivity contribution < 1.29 is 4.92 Å². The molecule has 1 aliphatic heterocycles. The van der Waals surface area contributed by atoms with Crippen molar-refractivity contribution in [3.05, 3.63) is 39.6 Å². The van der Waals surface area contributed by atoms with Crippen molar-refractivity contribution in [1.82, 2.24) is 20.2 Å². The average Bonchev–Trinajstić information content (AvgIpc) is 3.31. The van der Waals surface area contributed by atoms with Crippen molar-refractivity contribution in [2.45, 2.75) is 44.4 Å². The highest BCUT2D eigenvalue weighted by Gasteiger charge is 2.30. The van der Waals surface area contributed by atoms with Gasteiger partial charge < -0.3 is 4.90 Å². The summed E-state index contributed by atoms with van der Waals surface area (Å²) >= 11 is 0. The normalized spacial score (nSPS) is 21.0. The van der Waals surface area contributed by atoms with Crippen molar-refractivity contribution in [3.63, 3.8) is 0 Å². The highest BCUT2D eigenvalue weighted by Crippen LogP contribution is 2.38. The van der Waals surface area contributed by atoms with Crippen molar-refractivity contribution in [2.24, 2.45) is 0 Å². The number of piperidine rings is 1. The van der Waals surface area contributed by atoms with Gasteiger partial charge in [0.05, 0.1) is 4.92 Å². The first-order valence-corrected chi connectivity index (χ1v) is 8.41. The molecule has 2 fully saturated rings. The molecule has 126 valence electrons. The van der Waals surface area contributed by atoms with Gasteiger partial charge in [0, 0.05) is 31.0 Å². The Labute approximate surface area is 139 Å². The molecule has 8 nitrogen and oxygen atoms in total. The zero-order valence-electron chi connectivity index (χ0n) is 13.6. The highest BCUT2D eigenvalue weighted by atomic mass is 16.6. The maximum Gasteiger partial charge on any atom is 0.290 e. The quantitative estimate of drug-likeness (QED) is 0.684. The number of hydrogen-bond donors (Lipinski definition) is 1. The summed E-state index contributed by atoms with van der Waals surface area (Å²) < 4.78 is 0. The minimum Gasteiger partial charge on any atom is -0.356 e. The standard InChI is InChI=1S/C16H20N6O2/c1-10-13(22(23)24)6-7-14(17-10)21-8-2-3-12(9-21)16-18-15(19-20-16)11-4-5-11/h6-7,11-12H,2-5,8-9H2,1H3,(H,18,19,20). The fourth-order valence-electron chi connectivity index (χ4n) is 3.32. The van der Waals surface area contributed by atoms with E-state index < -0.39 is 4.92 Å². The lowest BCUT2D eigenvalue weighted by molar-refractivity contribution is -0.385.